The van der Waals surface area contributed by atoms with Crippen LogP contribution in [0.4, 0.5) is 5.69 Å². The third-order valence-corrected chi connectivity index (χ3v) is 5.68. The van der Waals surface area contributed by atoms with E-state index in [2.05, 4.69) is 5.32 Å². The first-order valence-corrected chi connectivity index (χ1v) is 8.72. The van der Waals surface area contributed by atoms with Gasteiger partial charge in [0.15, 0.2) is 12.4 Å². The van der Waals surface area contributed by atoms with E-state index in [0.717, 1.165) is 6.42 Å². The molecule has 2 aliphatic carbocycles. The van der Waals surface area contributed by atoms with E-state index in [1.807, 2.05) is 0 Å². The van der Waals surface area contributed by atoms with Gasteiger partial charge < -0.3 is 14.8 Å². The molecular weight excluding hydrogens is 338 g/mol. The number of rotatable bonds is 5. The molecule has 7 nitrogen and oxygen atoms in total. The second kappa shape index (κ2) is 6.23. The topological polar surface area (TPSA) is 98.8 Å². The molecule has 1 aromatic rings. The highest BCUT2D eigenvalue weighted by atomic mass is 16.6. The van der Waals surface area contributed by atoms with Crippen LogP contribution in [0.1, 0.15) is 30.1 Å². The van der Waals surface area contributed by atoms with E-state index < -0.39 is 30.3 Å². The summed E-state index contributed by atoms with van der Waals surface area (Å²) in [6, 6.07) is 6.45. The highest BCUT2D eigenvalue weighted by molar-refractivity contribution is 5.96. The van der Waals surface area contributed by atoms with Gasteiger partial charge in [0.25, 0.3) is 5.91 Å². The molecule has 0 spiro atoms. The van der Waals surface area contributed by atoms with Gasteiger partial charge in [-0.15, -0.1) is 0 Å². The van der Waals surface area contributed by atoms with Crippen LogP contribution in [0, 0.1) is 23.7 Å². The lowest BCUT2D eigenvalue weighted by Gasteiger charge is -2.22. The molecule has 0 unspecified atom stereocenters. The van der Waals surface area contributed by atoms with E-state index in [9.17, 15) is 19.2 Å². The van der Waals surface area contributed by atoms with Crippen molar-refractivity contribution in [3.63, 3.8) is 0 Å². The second-order valence-corrected chi connectivity index (χ2v) is 7.21. The Hall–Kier alpha value is -2.70. The minimum atomic E-state index is -0.498. The normalized spacial score (nSPS) is 30.8. The van der Waals surface area contributed by atoms with Crippen LogP contribution in [0.2, 0.25) is 0 Å². The second-order valence-electron chi connectivity index (χ2n) is 7.21. The van der Waals surface area contributed by atoms with Crippen LogP contribution >= 0.6 is 0 Å². The van der Waals surface area contributed by atoms with Crippen molar-refractivity contribution in [2.75, 3.05) is 11.9 Å². The lowest BCUT2D eigenvalue weighted by Crippen LogP contribution is -2.34. The fourth-order valence-electron chi connectivity index (χ4n) is 4.54. The third-order valence-electron chi connectivity index (χ3n) is 5.68. The average molecular weight is 357 g/mol. The summed E-state index contributed by atoms with van der Waals surface area (Å²) in [5.74, 6) is -2.00. The highest BCUT2D eigenvalue weighted by Crippen LogP contribution is 2.57. The van der Waals surface area contributed by atoms with Gasteiger partial charge in [0.1, 0.15) is 6.10 Å². The number of hydrogen-bond donors (Lipinski definition) is 1. The van der Waals surface area contributed by atoms with Crippen LogP contribution in [0.25, 0.3) is 0 Å². The first-order valence-electron chi connectivity index (χ1n) is 8.72. The fourth-order valence-corrected chi connectivity index (χ4v) is 4.54. The Kier molecular flexibility index (Phi) is 4.01. The number of amides is 1. The van der Waals surface area contributed by atoms with Gasteiger partial charge in [0, 0.05) is 17.2 Å². The largest absolute Gasteiger partial charge is 0.462 e. The molecule has 3 aliphatic rings. The standard InChI is InChI=1S/C19H19NO6/c1-9(21)10-2-4-12(5-3-10)20-15(22)8-25-18(23)16-11-6-13-14(7-11)26-19(24)17(13)16/h2-5,11,13-14,16-17H,6-8H2,1H3,(H,20,22)/t11-,13+,14+,16-,17-/m1/s1. The summed E-state index contributed by atoms with van der Waals surface area (Å²) in [5.41, 5.74) is 1.06. The van der Waals surface area contributed by atoms with Crippen LogP contribution < -0.4 is 5.32 Å². The molecule has 1 aliphatic heterocycles. The lowest BCUT2D eigenvalue weighted by atomic mass is 9.80. The predicted molar refractivity (Wildman–Crippen MR) is 89.1 cm³/mol. The van der Waals surface area contributed by atoms with Crippen molar-refractivity contribution in [1.29, 1.82) is 0 Å². The molecule has 2 bridgehead atoms. The molecule has 7 heteroatoms. The van der Waals surface area contributed by atoms with E-state index >= 15 is 0 Å². The number of ether oxygens (including phenoxy) is 2. The number of esters is 2. The molecule has 2 saturated carbocycles. The zero-order valence-corrected chi connectivity index (χ0v) is 14.3. The molecule has 5 atom stereocenters. The molecule has 1 aromatic carbocycles. The monoisotopic (exact) mass is 357 g/mol. The van der Waals surface area contributed by atoms with Crippen LogP contribution in [-0.4, -0.2) is 36.3 Å². The molecule has 136 valence electrons. The fraction of sp³-hybridized carbons (Fsp3) is 0.474. The number of carbonyl (C=O) groups excluding carboxylic acids is 4. The third kappa shape index (κ3) is 2.77. The van der Waals surface area contributed by atoms with Gasteiger partial charge in [0.2, 0.25) is 0 Å². The van der Waals surface area contributed by atoms with Crippen molar-refractivity contribution in [1.82, 2.24) is 0 Å². The van der Waals surface area contributed by atoms with Crippen molar-refractivity contribution in [2.24, 2.45) is 23.7 Å². The van der Waals surface area contributed by atoms with Crippen molar-refractivity contribution >= 4 is 29.3 Å². The van der Waals surface area contributed by atoms with E-state index in [4.69, 9.17) is 9.47 Å². The average Bonchev–Trinajstić information content (AvgIpc) is 3.22. The summed E-state index contributed by atoms with van der Waals surface area (Å²) in [4.78, 5) is 47.6. The zero-order valence-electron chi connectivity index (χ0n) is 14.3. The summed E-state index contributed by atoms with van der Waals surface area (Å²) < 4.78 is 10.5. The smallest absolute Gasteiger partial charge is 0.310 e. The molecule has 4 rings (SSSR count). The van der Waals surface area contributed by atoms with Crippen molar-refractivity contribution in [3.8, 4) is 0 Å². The van der Waals surface area contributed by atoms with Gasteiger partial charge >= 0.3 is 11.9 Å². The maximum Gasteiger partial charge on any atom is 0.310 e. The molecule has 1 N–H and O–H groups in total. The van der Waals surface area contributed by atoms with Gasteiger partial charge in [-0.3, -0.25) is 19.2 Å². The summed E-state index contributed by atoms with van der Waals surface area (Å²) >= 11 is 0. The Morgan fingerprint density at radius 3 is 2.62 bits per heavy atom. The Morgan fingerprint density at radius 2 is 1.92 bits per heavy atom. The Bertz CT molecular complexity index is 784. The van der Waals surface area contributed by atoms with Gasteiger partial charge in [-0.25, -0.2) is 0 Å². The SMILES string of the molecule is CC(=O)c1ccc(NC(=O)COC(=O)[C@@H]2[C@@H]3C[C@@H]4[C@H]2C(=O)O[C@H]4C3)cc1. The van der Waals surface area contributed by atoms with Gasteiger partial charge in [0.05, 0.1) is 11.8 Å². The molecule has 26 heavy (non-hydrogen) atoms. The zero-order chi connectivity index (χ0) is 18.4. The molecular formula is C19H19NO6. The molecule has 1 heterocycles. The van der Waals surface area contributed by atoms with Crippen LogP contribution in [-0.2, 0) is 23.9 Å². The van der Waals surface area contributed by atoms with Gasteiger partial charge in [-0.05, 0) is 49.9 Å². The summed E-state index contributed by atoms with van der Waals surface area (Å²) in [6.45, 7) is 1.05. The molecule has 0 radical (unpaired) electrons. The Labute approximate surface area is 150 Å². The van der Waals surface area contributed by atoms with Gasteiger partial charge in [-0.1, -0.05) is 0 Å². The highest BCUT2D eigenvalue weighted by Gasteiger charge is 2.64. The van der Waals surface area contributed by atoms with E-state index in [0.29, 0.717) is 17.7 Å². The first kappa shape index (κ1) is 16.8. The Morgan fingerprint density at radius 1 is 1.19 bits per heavy atom. The summed E-state index contributed by atoms with van der Waals surface area (Å²) in [5, 5.41) is 2.61. The molecule has 1 amide bonds. The predicted octanol–water partition coefficient (Wildman–Crippen LogP) is 1.57. The Balaban J connectivity index is 1.31. The van der Waals surface area contributed by atoms with Crippen molar-refractivity contribution in [3.05, 3.63) is 29.8 Å². The maximum atomic E-state index is 12.4. The number of fused-ring (bicyclic) bond motifs is 1. The van der Waals surface area contributed by atoms with Gasteiger partial charge in [-0.2, -0.15) is 0 Å². The number of ketones is 1. The van der Waals surface area contributed by atoms with E-state index in [-0.39, 0.29) is 29.7 Å². The maximum absolute atomic E-state index is 12.4. The number of nitrogens with one attached hydrogen (secondary N) is 1. The minimum Gasteiger partial charge on any atom is -0.462 e. The number of carbonyl (C=O) groups is 4. The van der Waals surface area contributed by atoms with E-state index in [1.165, 1.54) is 6.92 Å². The molecule has 0 aromatic heterocycles. The minimum absolute atomic E-state index is 0.0391. The number of anilines is 1. The number of Topliss-reactive ketones (excluding diaryl/α,β-unsaturated/α-hetero) is 1. The summed E-state index contributed by atoms with van der Waals surface area (Å²) in [6.07, 6.45) is 1.49. The van der Waals surface area contributed by atoms with Crippen molar-refractivity contribution < 1.29 is 28.7 Å². The molecule has 1 saturated heterocycles. The van der Waals surface area contributed by atoms with Crippen molar-refractivity contribution in [2.45, 2.75) is 25.9 Å². The van der Waals surface area contributed by atoms with Crippen LogP contribution in [0.3, 0.4) is 0 Å². The first-order chi connectivity index (χ1) is 12.4. The quantitative estimate of drug-likeness (QED) is 0.634. The van der Waals surface area contributed by atoms with E-state index in [1.54, 1.807) is 24.3 Å². The van der Waals surface area contributed by atoms with Crippen LogP contribution in [0.5, 0.6) is 0 Å². The lowest BCUT2D eigenvalue weighted by molar-refractivity contribution is -0.157. The summed E-state index contributed by atoms with van der Waals surface area (Å²) in [7, 11) is 0. The molecule has 3 fully saturated rings. The number of hydrogen-bond acceptors (Lipinski definition) is 6. The van der Waals surface area contributed by atoms with Crippen LogP contribution in [0.15, 0.2) is 24.3 Å². The number of benzene rings is 1.